The van der Waals surface area contributed by atoms with E-state index in [1.165, 1.54) is 12.8 Å². The molecular formula is C13H16ClNO2. The molecule has 17 heavy (non-hydrogen) atoms. The highest BCUT2D eigenvalue weighted by molar-refractivity contribution is 6.31. The summed E-state index contributed by atoms with van der Waals surface area (Å²) in [6.07, 6.45) is 4.91. The average Bonchev–Trinajstić information content (AvgIpc) is 2.83. The molecule has 0 atom stereocenters. The SMILES string of the molecule is C/C(=N\O)c1cc(Cl)ccc1OC1CCCC1. The third-order valence-corrected chi connectivity index (χ3v) is 3.31. The lowest BCUT2D eigenvalue weighted by atomic mass is 10.1. The summed E-state index contributed by atoms with van der Waals surface area (Å²) in [4.78, 5) is 0. The molecule has 0 aromatic heterocycles. The van der Waals surface area contributed by atoms with E-state index < -0.39 is 0 Å². The molecule has 1 aliphatic rings. The predicted octanol–water partition coefficient (Wildman–Crippen LogP) is 3.86. The zero-order valence-electron chi connectivity index (χ0n) is 9.82. The molecule has 0 radical (unpaired) electrons. The molecule has 1 aromatic carbocycles. The Labute approximate surface area is 106 Å². The number of ether oxygens (including phenoxy) is 1. The van der Waals surface area contributed by atoms with Crippen LogP contribution in [0.25, 0.3) is 0 Å². The fraction of sp³-hybridized carbons (Fsp3) is 0.462. The number of nitrogens with zero attached hydrogens (tertiary/aromatic N) is 1. The monoisotopic (exact) mass is 253 g/mol. The maximum Gasteiger partial charge on any atom is 0.128 e. The van der Waals surface area contributed by atoms with Crippen LogP contribution in [0.4, 0.5) is 0 Å². The summed E-state index contributed by atoms with van der Waals surface area (Å²) < 4.78 is 5.93. The standard InChI is InChI=1S/C13H16ClNO2/c1-9(15-16)12-8-10(14)6-7-13(12)17-11-4-2-3-5-11/h6-8,11,16H,2-5H2,1H3/b15-9+. The van der Waals surface area contributed by atoms with Gasteiger partial charge in [0.2, 0.25) is 0 Å². The normalized spacial score (nSPS) is 17.4. The van der Waals surface area contributed by atoms with Crippen LogP contribution in [-0.2, 0) is 0 Å². The van der Waals surface area contributed by atoms with Gasteiger partial charge in [0.25, 0.3) is 0 Å². The van der Waals surface area contributed by atoms with Crippen LogP contribution in [-0.4, -0.2) is 17.0 Å². The summed E-state index contributed by atoms with van der Waals surface area (Å²) in [5, 5.41) is 12.7. The van der Waals surface area contributed by atoms with Crippen LogP contribution >= 0.6 is 11.6 Å². The van der Waals surface area contributed by atoms with Crippen molar-refractivity contribution in [2.45, 2.75) is 38.7 Å². The van der Waals surface area contributed by atoms with Crippen LogP contribution in [0.5, 0.6) is 5.75 Å². The maximum atomic E-state index is 8.85. The van der Waals surface area contributed by atoms with E-state index in [4.69, 9.17) is 21.5 Å². The predicted molar refractivity (Wildman–Crippen MR) is 68.3 cm³/mol. The van der Waals surface area contributed by atoms with E-state index >= 15 is 0 Å². The van der Waals surface area contributed by atoms with E-state index in [1.807, 2.05) is 6.07 Å². The van der Waals surface area contributed by atoms with Crippen LogP contribution < -0.4 is 4.74 Å². The first-order valence-corrected chi connectivity index (χ1v) is 6.23. The van der Waals surface area contributed by atoms with E-state index in [0.717, 1.165) is 24.2 Å². The van der Waals surface area contributed by atoms with Gasteiger partial charge in [0.1, 0.15) is 5.75 Å². The van der Waals surface area contributed by atoms with Gasteiger partial charge in [-0.25, -0.2) is 0 Å². The molecule has 0 amide bonds. The Balaban J connectivity index is 2.25. The van der Waals surface area contributed by atoms with Gasteiger partial charge in [-0.15, -0.1) is 0 Å². The Morgan fingerprint density at radius 2 is 2.12 bits per heavy atom. The molecule has 2 rings (SSSR count). The Kier molecular flexibility index (Phi) is 3.89. The zero-order valence-corrected chi connectivity index (χ0v) is 10.6. The van der Waals surface area contributed by atoms with Gasteiger partial charge in [-0.1, -0.05) is 16.8 Å². The Morgan fingerprint density at radius 1 is 1.41 bits per heavy atom. The lowest BCUT2D eigenvalue weighted by Gasteiger charge is -2.16. The molecule has 0 heterocycles. The zero-order chi connectivity index (χ0) is 12.3. The van der Waals surface area contributed by atoms with Gasteiger partial charge in [0.05, 0.1) is 11.8 Å². The molecule has 0 unspecified atom stereocenters. The number of benzene rings is 1. The third-order valence-electron chi connectivity index (χ3n) is 3.08. The minimum Gasteiger partial charge on any atom is -0.490 e. The summed E-state index contributed by atoms with van der Waals surface area (Å²) in [6.45, 7) is 1.73. The van der Waals surface area contributed by atoms with E-state index in [0.29, 0.717) is 10.7 Å². The molecule has 1 fully saturated rings. The van der Waals surface area contributed by atoms with Crippen molar-refractivity contribution in [3.63, 3.8) is 0 Å². The van der Waals surface area contributed by atoms with Gasteiger partial charge in [-0.2, -0.15) is 0 Å². The second-order valence-corrected chi connectivity index (χ2v) is 4.79. The number of rotatable bonds is 3. The Bertz CT molecular complexity index is 425. The molecular weight excluding hydrogens is 238 g/mol. The van der Waals surface area contributed by atoms with Gasteiger partial charge in [-0.3, -0.25) is 0 Å². The van der Waals surface area contributed by atoms with Crippen molar-refractivity contribution in [2.24, 2.45) is 5.16 Å². The van der Waals surface area contributed by atoms with Crippen molar-refractivity contribution >= 4 is 17.3 Å². The first kappa shape index (κ1) is 12.2. The van der Waals surface area contributed by atoms with Gasteiger partial charge >= 0.3 is 0 Å². The molecule has 3 nitrogen and oxygen atoms in total. The van der Waals surface area contributed by atoms with Gasteiger partial charge in [0.15, 0.2) is 0 Å². The summed E-state index contributed by atoms with van der Waals surface area (Å²) >= 11 is 5.94. The first-order valence-electron chi connectivity index (χ1n) is 5.86. The number of oxime groups is 1. The van der Waals surface area contributed by atoms with Crippen LogP contribution in [0.2, 0.25) is 5.02 Å². The quantitative estimate of drug-likeness (QED) is 0.505. The third kappa shape index (κ3) is 2.91. The molecule has 4 heteroatoms. The van der Waals surface area contributed by atoms with Crippen molar-refractivity contribution in [2.75, 3.05) is 0 Å². The molecule has 0 spiro atoms. The molecule has 1 aromatic rings. The summed E-state index contributed by atoms with van der Waals surface area (Å²) in [5.74, 6) is 0.747. The van der Waals surface area contributed by atoms with Crippen molar-refractivity contribution in [3.05, 3.63) is 28.8 Å². The van der Waals surface area contributed by atoms with E-state index in [9.17, 15) is 0 Å². The maximum absolute atomic E-state index is 8.85. The van der Waals surface area contributed by atoms with E-state index in [2.05, 4.69) is 5.16 Å². The number of hydrogen-bond donors (Lipinski definition) is 1. The van der Waals surface area contributed by atoms with Crippen LogP contribution in [0, 0.1) is 0 Å². The highest BCUT2D eigenvalue weighted by atomic mass is 35.5. The molecule has 1 N–H and O–H groups in total. The van der Waals surface area contributed by atoms with Gasteiger partial charge in [0, 0.05) is 10.6 Å². The minimum absolute atomic E-state index is 0.279. The molecule has 1 saturated carbocycles. The highest BCUT2D eigenvalue weighted by Crippen LogP contribution is 2.29. The van der Waals surface area contributed by atoms with Crippen molar-refractivity contribution < 1.29 is 9.94 Å². The summed E-state index contributed by atoms with van der Waals surface area (Å²) in [6, 6.07) is 5.39. The lowest BCUT2D eigenvalue weighted by Crippen LogP contribution is -2.13. The van der Waals surface area contributed by atoms with Gasteiger partial charge < -0.3 is 9.94 Å². The number of hydrogen-bond acceptors (Lipinski definition) is 3. The van der Waals surface area contributed by atoms with Gasteiger partial charge in [-0.05, 0) is 50.8 Å². The topological polar surface area (TPSA) is 41.8 Å². The molecule has 0 saturated heterocycles. The van der Waals surface area contributed by atoms with Crippen LogP contribution in [0.1, 0.15) is 38.2 Å². The Morgan fingerprint density at radius 3 is 2.76 bits per heavy atom. The fourth-order valence-electron chi connectivity index (χ4n) is 2.13. The van der Waals surface area contributed by atoms with E-state index in [1.54, 1.807) is 19.1 Å². The minimum atomic E-state index is 0.279. The highest BCUT2D eigenvalue weighted by Gasteiger charge is 2.18. The summed E-state index contributed by atoms with van der Waals surface area (Å²) in [5.41, 5.74) is 1.27. The first-order chi connectivity index (χ1) is 8.20. The van der Waals surface area contributed by atoms with Crippen LogP contribution in [0.3, 0.4) is 0 Å². The largest absolute Gasteiger partial charge is 0.490 e. The van der Waals surface area contributed by atoms with Crippen molar-refractivity contribution in [3.8, 4) is 5.75 Å². The van der Waals surface area contributed by atoms with Crippen molar-refractivity contribution in [1.82, 2.24) is 0 Å². The Hall–Kier alpha value is -1.22. The lowest BCUT2D eigenvalue weighted by molar-refractivity contribution is 0.209. The summed E-state index contributed by atoms with van der Waals surface area (Å²) in [7, 11) is 0. The molecule has 92 valence electrons. The molecule has 0 bridgehead atoms. The second-order valence-electron chi connectivity index (χ2n) is 4.35. The average molecular weight is 254 g/mol. The fourth-order valence-corrected chi connectivity index (χ4v) is 2.30. The molecule has 1 aliphatic carbocycles. The second kappa shape index (κ2) is 5.41. The van der Waals surface area contributed by atoms with Crippen LogP contribution in [0.15, 0.2) is 23.4 Å². The van der Waals surface area contributed by atoms with E-state index in [-0.39, 0.29) is 6.10 Å². The molecule has 0 aliphatic heterocycles. The smallest absolute Gasteiger partial charge is 0.128 e. The van der Waals surface area contributed by atoms with Crippen molar-refractivity contribution in [1.29, 1.82) is 0 Å². The number of halogens is 1.